The van der Waals surface area contributed by atoms with E-state index >= 15 is 0 Å². The Bertz CT molecular complexity index is 1220. The number of esters is 1. The zero-order valence-corrected chi connectivity index (χ0v) is 18.6. The highest BCUT2D eigenvalue weighted by atomic mass is 32.2. The van der Waals surface area contributed by atoms with E-state index in [2.05, 4.69) is 4.98 Å². The van der Waals surface area contributed by atoms with Crippen molar-refractivity contribution in [2.45, 2.75) is 30.0 Å². The molecule has 1 aliphatic heterocycles. The third-order valence-corrected chi connectivity index (χ3v) is 7.06. The fraction of sp³-hybridized carbons (Fsp3) is 0.286. The topological polar surface area (TPSA) is 68.7 Å². The first-order chi connectivity index (χ1) is 15.3. The molecule has 32 heavy (non-hydrogen) atoms. The van der Waals surface area contributed by atoms with Crippen molar-refractivity contribution in [3.05, 3.63) is 46.7 Å². The Labute approximate surface area is 189 Å². The average molecular weight is 483 g/mol. The van der Waals surface area contributed by atoms with Crippen molar-refractivity contribution in [1.29, 1.82) is 0 Å². The molecule has 11 heteroatoms. The van der Waals surface area contributed by atoms with Crippen molar-refractivity contribution in [1.82, 2.24) is 4.98 Å². The molecular formula is C21H17F3N2O4S2. The maximum absolute atomic E-state index is 14.1. The van der Waals surface area contributed by atoms with Crippen molar-refractivity contribution >= 4 is 50.9 Å². The zero-order chi connectivity index (χ0) is 23.0. The highest BCUT2D eigenvalue weighted by Gasteiger charge is 2.36. The number of hydrogen-bond acceptors (Lipinski definition) is 7. The smallest absolute Gasteiger partial charge is 0.307 e. The summed E-state index contributed by atoms with van der Waals surface area (Å²) in [4.78, 5) is 31.4. The Morgan fingerprint density at radius 1 is 1.22 bits per heavy atom. The number of halogens is 3. The van der Waals surface area contributed by atoms with Crippen LogP contribution >= 0.6 is 23.1 Å². The Balaban J connectivity index is 1.72. The molecule has 6 nitrogen and oxygen atoms in total. The van der Waals surface area contributed by atoms with E-state index in [4.69, 9.17) is 9.47 Å². The van der Waals surface area contributed by atoms with E-state index in [0.717, 1.165) is 11.3 Å². The second kappa shape index (κ2) is 8.99. The van der Waals surface area contributed by atoms with Gasteiger partial charge in [0.2, 0.25) is 5.91 Å². The van der Waals surface area contributed by atoms with Crippen molar-refractivity contribution in [3.8, 4) is 5.75 Å². The first-order valence-electron chi connectivity index (χ1n) is 9.57. The van der Waals surface area contributed by atoms with Crippen LogP contribution in [0.5, 0.6) is 5.75 Å². The maximum Gasteiger partial charge on any atom is 0.307 e. The second-order valence-electron chi connectivity index (χ2n) is 6.81. The molecule has 0 spiro atoms. The van der Waals surface area contributed by atoms with Gasteiger partial charge < -0.3 is 14.4 Å². The molecular weight excluding hydrogens is 465 g/mol. The van der Waals surface area contributed by atoms with Gasteiger partial charge in [0.25, 0.3) is 0 Å². The quantitative estimate of drug-likeness (QED) is 0.375. The molecule has 0 aliphatic carbocycles. The number of amides is 1. The van der Waals surface area contributed by atoms with E-state index in [-0.39, 0.29) is 35.2 Å². The number of anilines is 1. The van der Waals surface area contributed by atoms with Crippen molar-refractivity contribution in [2.24, 2.45) is 0 Å². The van der Waals surface area contributed by atoms with Gasteiger partial charge in [0, 0.05) is 11.0 Å². The Kier molecular flexibility index (Phi) is 6.29. The number of carbonyl (C=O) groups excluding carboxylic acids is 2. The third kappa shape index (κ3) is 4.14. The molecule has 1 amide bonds. The Morgan fingerprint density at radius 3 is 2.72 bits per heavy atom. The summed E-state index contributed by atoms with van der Waals surface area (Å²) in [6, 6.07) is 5.58. The standard InChI is InChI=1S/C21H17F3N2O4S2/c1-3-30-17(27)8-15-21(28)26(13-5-4-10(29-2)6-14(13)31-15)9-16-25-19-18(24)11(22)7-12(23)20(19)32-16/h4-7,15H,3,8-9H2,1-2H3. The summed E-state index contributed by atoms with van der Waals surface area (Å²) in [7, 11) is 1.51. The molecule has 168 valence electrons. The molecule has 1 aromatic heterocycles. The summed E-state index contributed by atoms with van der Waals surface area (Å²) in [5, 5.41) is -0.533. The van der Waals surface area contributed by atoms with Crippen LogP contribution in [-0.2, 0) is 20.9 Å². The summed E-state index contributed by atoms with van der Waals surface area (Å²) >= 11 is 2.05. The fourth-order valence-electron chi connectivity index (χ4n) is 3.33. The van der Waals surface area contributed by atoms with Crippen molar-refractivity contribution in [3.63, 3.8) is 0 Å². The van der Waals surface area contributed by atoms with Gasteiger partial charge in [-0.05, 0) is 25.1 Å². The number of nitrogens with zero attached hydrogens (tertiary/aromatic N) is 2. The van der Waals surface area contributed by atoms with Crippen LogP contribution < -0.4 is 9.64 Å². The van der Waals surface area contributed by atoms with Gasteiger partial charge in [-0.2, -0.15) is 0 Å². The van der Waals surface area contributed by atoms with Crippen LogP contribution in [0.15, 0.2) is 29.2 Å². The lowest BCUT2D eigenvalue weighted by atomic mass is 10.2. The fourth-order valence-corrected chi connectivity index (χ4v) is 5.52. The maximum atomic E-state index is 14.1. The number of ether oxygens (including phenoxy) is 2. The molecule has 0 radical (unpaired) electrons. The molecule has 0 N–H and O–H groups in total. The van der Waals surface area contributed by atoms with E-state index < -0.39 is 34.2 Å². The number of benzene rings is 2. The lowest BCUT2D eigenvalue weighted by molar-refractivity contribution is -0.144. The summed E-state index contributed by atoms with van der Waals surface area (Å²) < 4.78 is 51.9. The molecule has 4 rings (SSSR count). The minimum Gasteiger partial charge on any atom is -0.497 e. The molecule has 2 aromatic carbocycles. The highest BCUT2D eigenvalue weighted by Crippen LogP contribution is 2.43. The van der Waals surface area contributed by atoms with Gasteiger partial charge in [0.1, 0.15) is 22.1 Å². The van der Waals surface area contributed by atoms with Crippen molar-refractivity contribution in [2.75, 3.05) is 18.6 Å². The summed E-state index contributed by atoms with van der Waals surface area (Å²) in [5.41, 5.74) is 0.131. The number of fused-ring (bicyclic) bond motifs is 2. The number of hydrogen-bond donors (Lipinski definition) is 0. The van der Waals surface area contributed by atoms with Crippen LogP contribution in [0.3, 0.4) is 0 Å². The largest absolute Gasteiger partial charge is 0.497 e. The third-order valence-electron chi connectivity index (χ3n) is 4.78. The number of aromatic nitrogens is 1. The molecule has 1 aliphatic rings. The minimum absolute atomic E-state index is 0.0993. The predicted octanol–water partition coefficient (Wildman–Crippen LogP) is 4.68. The molecule has 2 heterocycles. The molecule has 0 saturated heterocycles. The highest BCUT2D eigenvalue weighted by molar-refractivity contribution is 8.01. The molecule has 0 fully saturated rings. The molecule has 0 saturated carbocycles. The first kappa shape index (κ1) is 22.4. The van der Waals surface area contributed by atoms with Crippen LogP contribution in [0.4, 0.5) is 18.9 Å². The molecule has 0 bridgehead atoms. The van der Waals surface area contributed by atoms with Gasteiger partial charge in [-0.25, -0.2) is 18.2 Å². The van der Waals surface area contributed by atoms with Crippen LogP contribution in [0.1, 0.15) is 18.4 Å². The number of methoxy groups -OCH3 is 1. The van der Waals surface area contributed by atoms with Crippen molar-refractivity contribution < 1.29 is 32.2 Å². The first-order valence-corrected chi connectivity index (χ1v) is 11.3. The number of rotatable bonds is 6. The lowest BCUT2D eigenvalue weighted by Gasteiger charge is -2.33. The lowest BCUT2D eigenvalue weighted by Crippen LogP contribution is -2.41. The monoisotopic (exact) mass is 482 g/mol. The Hall–Kier alpha value is -2.79. The Morgan fingerprint density at radius 2 is 2.00 bits per heavy atom. The van der Waals surface area contributed by atoms with E-state index in [9.17, 15) is 22.8 Å². The summed E-state index contributed by atoms with van der Waals surface area (Å²) in [6.45, 7) is 1.77. The normalized spacial score (nSPS) is 15.7. The van der Waals surface area contributed by atoms with Gasteiger partial charge in [-0.15, -0.1) is 23.1 Å². The van der Waals surface area contributed by atoms with E-state index in [1.807, 2.05) is 0 Å². The summed E-state index contributed by atoms with van der Waals surface area (Å²) in [5.74, 6) is -3.80. The van der Waals surface area contributed by atoms with Crippen LogP contribution in [0.2, 0.25) is 0 Å². The number of carbonyl (C=O) groups is 2. The number of thioether (sulfide) groups is 1. The minimum atomic E-state index is -1.33. The van der Waals surface area contributed by atoms with Gasteiger partial charge in [-0.3, -0.25) is 9.59 Å². The predicted molar refractivity (Wildman–Crippen MR) is 115 cm³/mol. The molecule has 1 atom stereocenters. The molecule has 3 aromatic rings. The van der Waals surface area contributed by atoms with E-state index in [0.29, 0.717) is 22.4 Å². The summed E-state index contributed by atoms with van der Waals surface area (Å²) in [6.07, 6.45) is -0.140. The average Bonchev–Trinajstić information content (AvgIpc) is 3.19. The van der Waals surface area contributed by atoms with Gasteiger partial charge >= 0.3 is 5.97 Å². The van der Waals surface area contributed by atoms with Gasteiger partial charge in [0.05, 0.1) is 42.3 Å². The van der Waals surface area contributed by atoms with Crippen LogP contribution in [0, 0.1) is 17.5 Å². The van der Waals surface area contributed by atoms with Gasteiger partial charge in [0.15, 0.2) is 11.6 Å². The molecule has 1 unspecified atom stereocenters. The van der Waals surface area contributed by atoms with Crippen LogP contribution in [-0.4, -0.2) is 35.8 Å². The van der Waals surface area contributed by atoms with Crippen LogP contribution in [0.25, 0.3) is 10.2 Å². The number of thiazole rings is 1. The van der Waals surface area contributed by atoms with E-state index in [1.165, 1.54) is 23.8 Å². The van der Waals surface area contributed by atoms with E-state index in [1.54, 1.807) is 25.1 Å². The zero-order valence-electron chi connectivity index (χ0n) is 17.0. The SMILES string of the molecule is CCOC(=O)CC1Sc2cc(OC)ccc2N(Cc2nc3c(F)c(F)cc(F)c3s2)C1=O. The second-order valence-corrected chi connectivity index (χ2v) is 9.14. The van der Waals surface area contributed by atoms with Gasteiger partial charge in [-0.1, -0.05) is 0 Å².